The summed E-state index contributed by atoms with van der Waals surface area (Å²) >= 11 is 0. The molecule has 2 aromatic rings. The van der Waals surface area contributed by atoms with Gasteiger partial charge in [0, 0.05) is 24.6 Å². The molecule has 0 bridgehead atoms. The van der Waals surface area contributed by atoms with E-state index in [0.717, 1.165) is 25.3 Å². The van der Waals surface area contributed by atoms with Gasteiger partial charge >= 0.3 is 0 Å². The van der Waals surface area contributed by atoms with Gasteiger partial charge in [0.15, 0.2) is 0 Å². The minimum atomic E-state index is 0.850. The first-order valence-corrected chi connectivity index (χ1v) is 6.56. The van der Waals surface area contributed by atoms with Crippen LogP contribution in [0.4, 0.5) is 0 Å². The average molecular weight is 243 g/mol. The number of rotatable bonds is 6. The van der Waals surface area contributed by atoms with E-state index in [9.17, 15) is 0 Å². The van der Waals surface area contributed by atoms with Crippen LogP contribution in [0.3, 0.4) is 0 Å². The molecule has 0 unspecified atom stereocenters. The minimum Gasteiger partial charge on any atom is -0.344 e. The van der Waals surface area contributed by atoms with Crippen molar-refractivity contribution in [2.45, 2.75) is 33.4 Å². The number of aromatic nitrogens is 2. The summed E-state index contributed by atoms with van der Waals surface area (Å²) in [5.41, 5.74) is 3.71. The number of nitrogens with one attached hydrogen (secondary N) is 1. The van der Waals surface area contributed by atoms with Crippen molar-refractivity contribution in [2.24, 2.45) is 0 Å². The number of hydrogen-bond donors (Lipinski definition) is 1. The molecule has 3 heteroatoms. The van der Waals surface area contributed by atoms with E-state index in [2.05, 4.69) is 53.1 Å². The van der Waals surface area contributed by atoms with Crippen LogP contribution in [0.2, 0.25) is 0 Å². The van der Waals surface area contributed by atoms with E-state index < -0.39 is 0 Å². The molecular formula is C15H21N3. The standard InChI is InChI=1S/C15H21N3/c1-3-8-16-11-14-7-5-10-18(14)12-15-13(2)6-4-9-17-15/h4-7,9-10,16H,3,8,11-12H2,1-2H3. The fourth-order valence-electron chi connectivity index (χ4n) is 2.00. The van der Waals surface area contributed by atoms with Crippen molar-refractivity contribution < 1.29 is 0 Å². The van der Waals surface area contributed by atoms with Crippen LogP contribution in [-0.2, 0) is 13.1 Å². The highest BCUT2D eigenvalue weighted by molar-refractivity contribution is 5.19. The molecule has 0 saturated heterocycles. The van der Waals surface area contributed by atoms with Gasteiger partial charge in [-0.3, -0.25) is 4.98 Å². The molecule has 2 rings (SSSR count). The second-order valence-corrected chi connectivity index (χ2v) is 4.57. The maximum Gasteiger partial charge on any atom is 0.0648 e. The molecule has 2 heterocycles. The molecule has 0 aliphatic rings. The molecule has 0 radical (unpaired) electrons. The maximum absolute atomic E-state index is 4.45. The first-order chi connectivity index (χ1) is 8.81. The summed E-state index contributed by atoms with van der Waals surface area (Å²) in [6, 6.07) is 8.36. The van der Waals surface area contributed by atoms with Crippen molar-refractivity contribution in [2.75, 3.05) is 6.54 Å². The topological polar surface area (TPSA) is 29.9 Å². The second kappa shape index (κ2) is 6.36. The molecule has 0 amide bonds. The van der Waals surface area contributed by atoms with Crippen LogP contribution < -0.4 is 5.32 Å². The third-order valence-electron chi connectivity index (χ3n) is 3.09. The number of nitrogens with zero attached hydrogens (tertiary/aromatic N) is 2. The summed E-state index contributed by atoms with van der Waals surface area (Å²) in [5.74, 6) is 0. The molecule has 18 heavy (non-hydrogen) atoms. The van der Waals surface area contributed by atoms with E-state index in [1.165, 1.54) is 17.7 Å². The Kier molecular flexibility index (Phi) is 4.53. The monoisotopic (exact) mass is 243 g/mol. The van der Waals surface area contributed by atoms with E-state index in [1.807, 2.05) is 12.3 Å². The van der Waals surface area contributed by atoms with Crippen molar-refractivity contribution in [3.8, 4) is 0 Å². The second-order valence-electron chi connectivity index (χ2n) is 4.57. The van der Waals surface area contributed by atoms with Crippen molar-refractivity contribution in [3.63, 3.8) is 0 Å². The van der Waals surface area contributed by atoms with E-state index >= 15 is 0 Å². The Labute approximate surface area is 109 Å². The van der Waals surface area contributed by atoms with Gasteiger partial charge in [0.25, 0.3) is 0 Å². The quantitative estimate of drug-likeness (QED) is 0.791. The lowest BCUT2D eigenvalue weighted by Gasteiger charge is -2.11. The number of aryl methyl sites for hydroxylation is 1. The maximum atomic E-state index is 4.45. The molecular weight excluding hydrogens is 222 g/mol. The van der Waals surface area contributed by atoms with Crippen LogP contribution in [0.5, 0.6) is 0 Å². The summed E-state index contributed by atoms with van der Waals surface area (Å²) in [5, 5.41) is 3.44. The molecule has 0 aliphatic heterocycles. The Morgan fingerprint density at radius 1 is 1.28 bits per heavy atom. The Bertz CT molecular complexity index is 488. The molecule has 0 saturated carbocycles. The largest absolute Gasteiger partial charge is 0.344 e. The van der Waals surface area contributed by atoms with Crippen LogP contribution in [0.25, 0.3) is 0 Å². The SMILES string of the molecule is CCCNCc1cccn1Cc1ncccc1C. The lowest BCUT2D eigenvalue weighted by atomic mass is 10.2. The van der Waals surface area contributed by atoms with Gasteiger partial charge in [-0.05, 0) is 43.7 Å². The fraction of sp³-hybridized carbons (Fsp3) is 0.400. The van der Waals surface area contributed by atoms with Crippen LogP contribution in [0.1, 0.15) is 30.3 Å². The molecule has 0 spiro atoms. The normalized spacial score (nSPS) is 10.8. The van der Waals surface area contributed by atoms with Gasteiger partial charge in [-0.1, -0.05) is 13.0 Å². The highest BCUT2D eigenvalue weighted by Crippen LogP contribution is 2.09. The molecule has 0 fully saturated rings. The minimum absolute atomic E-state index is 0.850. The predicted molar refractivity (Wildman–Crippen MR) is 74.5 cm³/mol. The Morgan fingerprint density at radius 3 is 2.94 bits per heavy atom. The Morgan fingerprint density at radius 2 is 2.17 bits per heavy atom. The van der Waals surface area contributed by atoms with E-state index in [1.54, 1.807) is 0 Å². The lowest BCUT2D eigenvalue weighted by Crippen LogP contribution is -2.17. The first-order valence-electron chi connectivity index (χ1n) is 6.56. The molecule has 0 aromatic carbocycles. The molecule has 3 nitrogen and oxygen atoms in total. The summed E-state index contributed by atoms with van der Waals surface area (Å²) in [6.45, 7) is 7.13. The van der Waals surface area contributed by atoms with Gasteiger partial charge in [-0.25, -0.2) is 0 Å². The Balaban J connectivity index is 2.05. The average Bonchev–Trinajstić information content (AvgIpc) is 2.80. The van der Waals surface area contributed by atoms with E-state index in [0.29, 0.717) is 0 Å². The van der Waals surface area contributed by atoms with Crippen LogP contribution in [0, 0.1) is 6.92 Å². The molecule has 2 aromatic heterocycles. The number of pyridine rings is 1. The van der Waals surface area contributed by atoms with E-state index in [-0.39, 0.29) is 0 Å². The molecule has 0 atom stereocenters. The van der Waals surface area contributed by atoms with Crippen molar-refractivity contribution >= 4 is 0 Å². The zero-order valence-electron chi connectivity index (χ0n) is 11.2. The third kappa shape index (κ3) is 3.20. The summed E-state index contributed by atoms with van der Waals surface area (Å²) in [6.07, 6.45) is 5.15. The van der Waals surface area contributed by atoms with E-state index in [4.69, 9.17) is 0 Å². The number of hydrogen-bond acceptors (Lipinski definition) is 2. The third-order valence-corrected chi connectivity index (χ3v) is 3.09. The van der Waals surface area contributed by atoms with Crippen LogP contribution in [0.15, 0.2) is 36.7 Å². The van der Waals surface area contributed by atoms with Crippen molar-refractivity contribution in [3.05, 3.63) is 53.6 Å². The smallest absolute Gasteiger partial charge is 0.0648 e. The van der Waals surface area contributed by atoms with Gasteiger partial charge in [0.1, 0.15) is 0 Å². The van der Waals surface area contributed by atoms with Crippen molar-refractivity contribution in [1.29, 1.82) is 0 Å². The van der Waals surface area contributed by atoms with Gasteiger partial charge < -0.3 is 9.88 Å². The molecule has 0 aliphatic carbocycles. The van der Waals surface area contributed by atoms with Gasteiger partial charge in [0.2, 0.25) is 0 Å². The fourth-order valence-corrected chi connectivity index (χ4v) is 2.00. The summed E-state index contributed by atoms with van der Waals surface area (Å²) in [4.78, 5) is 4.45. The van der Waals surface area contributed by atoms with Gasteiger partial charge in [-0.15, -0.1) is 0 Å². The zero-order valence-corrected chi connectivity index (χ0v) is 11.2. The summed E-state index contributed by atoms with van der Waals surface area (Å²) in [7, 11) is 0. The van der Waals surface area contributed by atoms with Crippen LogP contribution in [-0.4, -0.2) is 16.1 Å². The lowest BCUT2D eigenvalue weighted by molar-refractivity contribution is 0.626. The molecule has 96 valence electrons. The highest BCUT2D eigenvalue weighted by Gasteiger charge is 2.04. The Hall–Kier alpha value is -1.61. The van der Waals surface area contributed by atoms with Gasteiger partial charge in [-0.2, -0.15) is 0 Å². The molecule has 1 N–H and O–H groups in total. The summed E-state index contributed by atoms with van der Waals surface area (Å²) < 4.78 is 2.26. The van der Waals surface area contributed by atoms with Crippen LogP contribution >= 0.6 is 0 Å². The highest BCUT2D eigenvalue weighted by atomic mass is 15.0. The predicted octanol–water partition coefficient (Wildman–Crippen LogP) is 2.74. The van der Waals surface area contributed by atoms with Gasteiger partial charge in [0.05, 0.1) is 12.2 Å². The van der Waals surface area contributed by atoms with Crippen molar-refractivity contribution in [1.82, 2.24) is 14.9 Å². The first kappa shape index (κ1) is 12.8. The zero-order chi connectivity index (χ0) is 12.8.